The minimum Gasteiger partial charge on any atom is -0.506 e. The van der Waals surface area contributed by atoms with Gasteiger partial charge in [-0.15, -0.1) is 0 Å². The van der Waals surface area contributed by atoms with Gasteiger partial charge in [-0.05, 0) is 62.1 Å². The predicted molar refractivity (Wildman–Crippen MR) is 115 cm³/mol. The summed E-state index contributed by atoms with van der Waals surface area (Å²) in [6.45, 7) is 4.11. The van der Waals surface area contributed by atoms with E-state index in [1.165, 1.54) is 12.1 Å². The van der Waals surface area contributed by atoms with Gasteiger partial charge in [-0.2, -0.15) is 0 Å². The highest BCUT2D eigenvalue weighted by atomic mass is 16.5. The number of rotatable bonds is 5. The fourth-order valence-corrected chi connectivity index (χ4v) is 7.12. The molecule has 5 N–H and O–H groups in total. The van der Waals surface area contributed by atoms with E-state index in [1.54, 1.807) is 6.08 Å². The van der Waals surface area contributed by atoms with Gasteiger partial charge in [0.05, 0.1) is 17.3 Å². The number of primary amides is 1. The van der Waals surface area contributed by atoms with E-state index in [-0.39, 0.29) is 52.2 Å². The van der Waals surface area contributed by atoms with Crippen molar-refractivity contribution in [3.63, 3.8) is 0 Å². The molecule has 0 radical (unpaired) electrons. The molecular weight excluding hydrogens is 412 g/mol. The van der Waals surface area contributed by atoms with E-state index in [9.17, 15) is 24.6 Å². The first-order valence-electron chi connectivity index (χ1n) is 11.1. The van der Waals surface area contributed by atoms with Crippen molar-refractivity contribution in [3.8, 4) is 11.5 Å². The normalized spacial score (nSPS) is 38.7. The van der Waals surface area contributed by atoms with Gasteiger partial charge in [0.1, 0.15) is 11.4 Å². The van der Waals surface area contributed by atoms with Gasteiger partial charge in [-0.25, -0.2) is 0 Å². The highest BCUT2D eigenvalue weighted by Crippen LogP contribution is 2.71. The monoisotopic (exact) mass is 440 g/mol. The summed E-state index contributed by atoms with van der Waals surface area (Å²) < 4.78 is 6.42. The molecule has 1 aromatic rings. The lowest BCUT2D eigenvalue weighted by Gasteiger charge is -2.55. The molecule has 170 valence electrons. The highest BCUT2D eigenvalue weighted by Gasteiger charge is 2.71. The number of ether oxygens (including phenoxy) is 1. The molecule has 4 bridgehead atoms. The predicted octanol–water partition coefficient (Wildman–Crippen LogP) is 2.63. The van der Waals surface area contributed by atoms with Crippen molar-refractivity contribution in [2.24, 2.45) is 28.4 Å². The Labute approximate surface area is 185 Å². The van der Waals surface area contributed by atoms with Crippen LogP contribution in [0.3, 0.4) is 0 Å². The SMILES string of the molecule is CC12CC34C=CC(=O)[C@@](C)(CCC(=O)Nc5c(O)ccc(C(N)=O)c5O)C3C(CC1C4)O2. The minimum atomic E-state index is -0.880. The Hall–Kier alpha value is -2.87. The second-order valence-corrected chi connectivity index (χ2v) is 10.4. The van der Waals surface area contributed by atoms with Gasteiger partial charge in [-0.3, -0.25) is 14.4 Å². The van der Waals surface area contributed by atoms with E-state index in [0.717, 1.165) is 19.3 Å². The smallest absolute Gasteiger partial charge is 0.252 e. The van der Waals surface area contributed by atoms with Crippen molar-refractivity contribution in [2.75, 3.05) is 5.32 Å². The van der Waals surface area contributed by atoms with Crippen molar-refractivity contribution in [2.45, 2.75) is 57.7 Å². The third kappa shape index (κ3) is 2.75. The molecule has 8 nitrogen and oxygen atoms in total. The lowest BCUT2D eigenvalue weighted by Crippen LogP contribution is -2.56. The molecule has 3 aliphatic carbocycles. The second kappa shape index (κ2) is 6.57. The van der Waals surface area contributed by atoms with Gasteiger partial charge in [0, 0.05) is 17.8 Å². The Balaban J connectivity index is 1.36. The summed E-state index contributed by atoms with van der Waals surface area (Å²) in [5.41, 5.74) is 3.82. The highest BCUT2D eigenvalue weighted by molar-refractivity contribution is 6.02. The van der Waals surface area contributed by atoms with Crippen LogP contribution in [0.2, 0.25) is 0 Å². The first-order chi connectivity index (χ1) is 15.0. The number of hydrogen-bond acceptors (Lipinski definition) is 6. The molecule has 6 atom stereocenters. The Morgan fingerprint density at radius 3 is 2.72 bits per heavy atom. The van der Waals surface area contributed by atoms with Crippen molar-refractivity contribution >= 4 is 23.3 Å². The number of phenols is 2. The molecule has 6 rings (SSSR count). The van der Waals surface area contributed by atoms with Crippen molar-refractivity contribution in [3.05, 3.63) is 29.8 Å². The van der Waals surface area contributed by atoms with Crippen LogP contribution in [-0.4, -0.2) is 39.5 Å². The quantitative estimate of drug-likeness (QED) is 0.519. The largest absolute Gasteiger partial charge is 0.506 e. The standard InChI is InChI=1S/C24H28N2O6/c1-22(7-6-17(29)26-18-14(27)4-3-13(19(18)30)21(25)31)16(28)5-8-24-10-12-9-15(20(22)24)32-23(12,2)11-24/h3-5,8,12,15,20,27,30H,6-7,9-11H2,1-2H3,(H2,25,31)(H,26,29)/t12?,15?,20?,22-,23?,24?/m1/s1. The summed E-state index contributed by atoms with van der Waals surface area (Å²) in [4.78, 5) is 37.3. The number of benzene rings is 1. The van der Waals surface area contributed by atoms with Crippen LogP contribution in [0.1, 0.15) is 56.3 Å². The van der Waals surface area contributed by atoms with E-state index < -0.39 is 23.0 Å². The minimum absolute atomic E-state index is 0.00454. The number of nitrogens with one attached hydrogen (secondary N) is 1. The number of hydrogen-bond donors (Lipinski definition) is 4. The molecule has 5 unspecified atom stereocenters. The molecule has 32 heavy (non-hydrogen) atoms. The average molecular weight is 440 g/mol. The second-order valence-electron chi connectivity index (χ2n) is 10.4. The Bertz CT molecular complexity index is 1080. The molecule has 2 aliphatic heterocycles. The zero-order valence-corrected chi connectivity index (χ0v) is 18.2. The van der Waals surface area contributed by atoms with E-state index in [1.807, 2.05) is 6.92 Å². The first kappa shape index (κ1) is 21.0. The van der Waals surface area contributed by atoms with Crippen LogP contribution in [0.5, 0.6) is 11.5 Å². The number of nitrogens with two attached hydrogens (primary N) is 1. The molecule has 2 amide bonds. The van der Waals surface area contributed by atoms with Gasteiger partial charge in [0.15, 0.2) is 11.5 Å². The van der Waals surface area contributed by atoms with Crippen LogP contribution in [0.25, 0.3) is 0 Å². The lowest BCUT2D eigenvalue weighted by molar-refractivity contribution is -0.169. The summed E-state index contributed by atoms with van der Waals surface area (Å²) in [6, 6.07) is 2.36. The van der Waals surface area contributed by atoms with Crippen molar-refractivity contribution in [1.29, 1.82) is 0 Å². The zero-order valence-electron chi connectivity index (χ0n) is 18.2. The van der Waals surface area contributed by atoms with Crippen LogP contribution >= 0.6 is 0 Å². The van der Waals surface area contributed by atoms with Crippen LogP contribution in [0.4, 0.5) is 5.69 Å². The van der Waals surface area contributed by atoms with E-state index in [2.05, 4.69) is 18.3 Å². The van der Waals surface area contributed by atoms with Crippen LogP contribution < -0.4 is 11.1 Å². The zero-order chi connectivity index (χ0) is 23.1. The molecule has 1 spiro atoms. The number of phenolic OH excluding ortho intramolecular Hbond substituents is 1. The maximum absolute atomic E-state index is 13.1. The number of carbonyl (C=O) groups is 3. The maximum Gasteiger partial charge on any atom is 0.252 e. The maximum atomic E-state index is 13.1. The average Bonchev–Trinajstić information content (AvgIpc) is 3.08. The van der Waals surface area contributed by atoms with Gasteiger partial charge in [-0.1, -0.05) is 13.0 Å². The third-order valence-corrected chi connectivity index (χ3v) is 8.47. The molecule has 5 aliphatic rings. The summed E-state index contributed by atoms with van der Waals surface area (Å²) >= 11 is 0. The Morgan fingerprint density at radius 1 is 1.28 bits per heavy atom. The molecule has 2 heterocycles. The fourth-order valence-electron chi connectivity index (χ4n) is 7.12. The summed E-state index contributed by atoms with van der Waals surface area (Å²) in [5, 5.41) is 22.7. The molecule has 0 aromatic heterocycles. The molecule has 2 saturated heterocycles. The summed E-state index contributed by atoms with van der Waals surface area (Å²) in [7, 11) is 0. The van der Waals surface area contributed by atoms with E-state index in [0.29, 0.717) is 12.3 Å². The van der Waals surface area contributed by atoms with E-state index in [4.69, 9.17) is 10.5 Å². The number of amides is 2. The molecule has 8 heteroatoms. The van der Waals surface area contributed by atoms with Crippen LogP contribution in [0.15, 0.2) is 24.3 Å². The summed E-state index contributed by atoms with van der Waals surface area (Å²) in [6.07, 6.45) is 6.99. The fraction of sp³-hybridized carbons (Fsp3) is 0.542. The first-order valence-corrected chi connectivity index (χ1v) is 11.1. The molecular formula is C24H28N2O6. The Kier molecular flexibility index (Phi) is 4.31. The number of anilines is 1. The lowest BCUT2D eigenvalue weighted by atomic mass is 9.51. The topological polar surface area (TPSA) is 139 Å². The van der Waals surface area contributed by atoms with Gasteiger partial charge in [0.2, 0.25) is 5.91 Å². The van der Waals surface area contributed by atoms with Crippen molar-refractivity contribution in [1.82, 2.24) is 0 Å². The molecule has 4 fully saturated rings. The number of ketones is 1. The number of aromatic hydroxyl groups is 2. The summed E-state index contributed by atoms with van der Waals surface area (Å²) in [5.74, 6) is -1.78. The van der Waals surface area contributed by atoms with E-state index >= 15 is 0 Å². The third-order valence-electron chi connectivity index (χ3n) is 8.47. The molecule has 2 saturated carbocycles. The van der Waals surface area contributed by atoms with Gasteiger partial charge >= 0.3 is 0 Å². The van der Waals surface area contributed by atoms with Crippen molar-refractivity contribution < 1.29 is 29.3 Å². The van der Waals surface area contributed by atoms with Gasteiger partial charge < -0.3 is 26.0 Å². The molecule has 1 aromatic carbocycles. The van der Waals surface area contributed by atoms with Crippen LogP contribution in [0, 0.1) is 22.7 Å². The van der Waals surface area contributed by atoms with Gasteiger partial charge in [0.25, 0.3) is 5.91 Å². The Morgan fingerprint density at radius 2 is 2.03 bits per heavy atom. The number of allylic oxidation sites excluding steroid dienone is 2. The number of carbonyl (C=O) groups excluding carboxylic acids is 3. The van der Waals surface area contributed by atoms with Crippen LogP contribution in [-0.2, 0) is 14.3 Å².